The minimum Gasteiger partial charge on any atom is -0.481 e. The van der Waals surface area contributed by atoms with Crippen LogP contribution in [0.4, 0.5) is 4.79 Å². The lowest BCUT2D eigenvalue weighted by Gasteiger charge is -2.35. The van der Waals surface area contributed by atoms with Crippen molar-refractivity contribution in [3.05, 3.63) is 0 Å². The third-order valence-corrected chi connectivity index (χ3v) is 4.11. The van der Waals surface area contributed by atoms with Crippen LogP contribution >= 0.6 is 0 Å². The molecular weight excluding hydrogens is 258 g/mol. The van der Waals surface area contributed by atoms with Gasteiger partial charge in [-0.15, -0.1) is 0 Å². The number of piperidine rings is 1. The number of hydrogen-bond acceptors (Lipinski definition) is 3. The molecule has 1 aliphatic heterocycles. The van der Waals surface area contributed by atoms with Gasteiger partial charge < -0.3 is 14.7 Å². The van der Waals surface area contributed by atoms with Gasteiger partial charge in [-0.3, -0.25) is 4.79 Å². The van der Waals surface area contributed by atoms with E-state index in [1.165, 1.54) is 0 Å². The van der Waals surface area contributed by atoms with Crippen LogP contribution in [-0.2, 0) is 9.53 Å². The Hall–Kier alpha value is -1.26. The summed E-state index contributed by atoms with van der Waals surface area (Å²) in [5, 5.41) is 9.36. The first-order valence-electron chi connectivity index (χ1n) is 7.48. The van der Waals surface area contributed by atoms with E-state index in [9.17, 15) is 14.7 Å². The van der Waals surface area contributed by atoms with Gasteiger partial charge >= 0.3 is 12.1 Å². The predicted octanol–water partition coefficient (Wildman–Crippen LogP) is 2.74. The van der Waals surface area contributed by atoms with Gasteiger partial charge in [0.25, 0.3) is 0 Å². The van der Waals surface area contributed by atoms with Crippen LogP contribution in [0, 0.1) is 17.8 Å². The summed E-state index contributed by atoms with van der Waals surface area (Å²) in [4.78, 5) is 25.0. The lowest BCUT2D eigenvalue weighted by Crippen LogP contribution is -2.44. The normalized spacial score (nSPS) is 22.4. The SMILES string of the molecule is CC(C)(C)OC(=O)N1CCC(C(C(=O)O)C2CC2)CC1. The topological polar surface area (TPSA) is 66.8 Å². The van der Waals surface area contributed by atoms with Crippen LogP contribution in [0.1, 0.15) is 46.5 Å². The number of ether oxygens (including phenoxy) is 1. The third-order valence-electron chi connectivity index (χ3n) is 4.11. The van der Waals surface area contributed by atoms with Crippen LogP contribution in [0.2, 0.25) is 0 Å². The zero-order valence-corrected chi connectivity index (χ0v) is 12.6. The van der Waals surface area contributed by atoms with E-state index in [0.29, 0.717) is 19.0 Å². The zero-order valence-electron chi connectivity index (χ0n) is 12.6. The van der Waals surface area contributed by atoms with Crippen molar-refractivity contribution in [1.29, 1.82) is 0 Å². The molecule has 1 saturated carbocycles. The van der Waals surface area contributed by atoms with E-state index in [2.05, 4.69) is 0 Å². The smallest absolute Gasteiger partial charge is 0.410 e. The summed E-state index contributed by atoms with van der Waals surface area (Å²) in [5.74, 6) is -0.303. The summed E-state index contributed by atoms with van der Waals surface area (Å²) in [6, 6.07) is 0. The number of likely N-dealkylation sites (tertiary alicyclic amines) is 1. The summed E-state index contributed by atoms with van der Waals surface area (Å²) in [6.07, 6.45) is 3.35. The molecule has 2 rings (SSSR count). The van der Waals surface area contributed by atoms with Crippen molar-refractivity contribution in [2.45, 2.75) is 52.1 Å². The maximum Gasteiger partial charge on any atom is 0.410 e. The van der Waals surface area contributed by atoms with Crippen LogP contribution in [0.3, 0.4) is 0 Å². The second kappa shape index (κ2) is 5.62. The molecule has 1 aliphatic carbocycles. The highest BCUT2D eigenvalue weighted by molar-refractivity contribution is 5.71. The van der Waals surface area contributed by atoms with Crippen molar-refractivity contribution >= 4 is 12.1 Å². The van der Waals surface area contributed by atoms with Gasteiger partial charge in [0.2, 0.25) is 0 Å². The Morgan fingerprint density at radius 1 is 1.10 bits per heavy atom. The van der Waals surface area contributed by atoms with Gasteiger partial charge in [0.05, 0.1) is 5.92 Å². The van der Waals surface area contributed by atoms with Crippen molar-refractivity contribution in [3.8, 4) is 0 Å². The average Bonchev–Trinajstić information content (AvgIpc) is 3.12. The monoisotopic (exact) mass is 283 g/mol. The van der Waals surface area contributed by atoms with E-state index < -0.39 is 11.6 Å². The molecule has 5 nitrogen and oxygen atoms in total. The molecule has 2 fully saturated rings. The molecule has 1 N–H and O–H groups in total. The third kappa shape index (κ3) is 3.87. The van der Waals surface area contributed by atoms with E-state index in [1.54, 1.807) is 4.90 Å². The molecule has 114 valence electrons. The lowest BCUT2D eigenvalue weighted by molar-refractivity contribution is -0.145. The van der Waals surface area contributed by atoms with Crippen molar-refractivity contribution < 1.29 is 19.4 Å². The van der Waals surface area contributed by atoms with Gasteiger partial charge in [0.1, 0.15) is 5.60 Å². The minimum atomic E-state index is -0.664. The van der Waals surface area contributed by atoms with Gasteiger partial charge in [0, 0.05) is 13.1 Å². The number of nitrogens with zero attached hydrogens (tertiary/aromatic N) is 1. The van der Waals surface area contributed by atoms with Gasteiger partial charge in [-0.05, 0) is 58.3 Å². The van der Waals surface area contributed by atoms with E-state index in [4.69, 9.17) is 4.74 Å². The molecule has 20 heavy (non-hydrogen) atoms. The number of carbonyl (C=O) groups excluding carboxylic acids is 1. The summed E-state index contributed by atoms with van der Waals surface area (Å²) in [6.45, 7) is 6.77. The molecule has 0 aromatic carbocycles. The molecule has 1 saturated heterocycles. The predicted molar refractivity (Wildman–Crippen MR) is 74.4 cm³/mol. The maximum atomic E-state index is 12.0. The Kier molecular flexibility index (Phi) is 4.25. The maximum absolute atomic E-state index is 12.0. The van der Waals surface area contributed by atoms with Crippen molar-refractivity contribution in [2.24, 2.45) is 17.8 Å². The molecule has 0 aromatic rings. The summed E-state index contributed by atoms with van der Waals surface area (Å²) in [5.41, 5.74) is -0.481. The van der Waals surface area contributed by atoms with Crippen LogP contribution in [0.15, 0.2) is 0 Å². The fraction of sp³-hybridized carbons (Fsp3) is 0.867. The minimum absolute atomic E-state index is 0.207. The number of carboxylic acid groups (broad SMARTS) is 1. The highest BCUT2D eigenvalue weighted by atomic mass is 16.6. The first-order chi connectivity index (χ1) is 9.28. The van der Waals surface area contributed by atoms with Crippen molar-refractivity contribution in [1.82, 2.24) is 4.90 Å². The van der Waals surface area contributed by atoms with E-state index in [0.717, 1.165) is 25.7 Å². The zero-order chi connectivity index (χ0) is 14.9. The van der Waals surface area contributed by atoms with Crippen LogP contribution < -0.4 is 0 Å². The Morgan fingerprint density at radius 2 is 1.60 bits per heavy atom. The van der Waals surface area contributed by atoms with E-state index >= 15 is 0 Å². The number of carboxylic acids is 1. The molecule has 5 heteroatoms. The Balaban J connectivity index is 1.85. The molecule has 0 aromatic heterocycles. The van der Waals surface area contributed by atoms with Gasteiger partial charge in [-0.25, -0.2) is 4.79 Å². The number of aliphatic carboxylic acids is 1. The molecule has 1 unspecified atom stereocenters. The second-order valence-electron chi connectivity index (χ2n) is 7.01. The second-order valence-corrected chi connectivity index (χ2v) is 7.01. The molecule has 0 radical (unpaired) electrons. The molecule has 1 amide bonds. The number of carbonyl (C=O) groups is 2. The fourth-order valence-electron chi connectivity index (χ4n) is 3.01. The Morgan fingerprint density at radius 3 is 2.00 bits per heavy atom. The summed E-state index contributed by atoms with van der Waals surface area (Å²) < 4.78 is 5.35. The molecule has 2 aliphatic rings. The number of rotatable bonds is 3. The van der Waals surface area contributed by atoms with E-state index in [1.807, 2.05) is 20.8 Å². The largest absolute Gasteiger partial charge is 0.481 e. The van der Waals surface area contributed by atoms with Crippen LogP contribution in [0.25, 0.3) is 0 Å². The fourth-order valence-corrected chi connectivity index (χ4v) is 3.01. The standard InChI is InChI=1S/C15H25NO4/c1-15(2,3)20-14(19)16-8-6-11(7-9-16)12(13(17)18)10-4-5-10/h10-12H,4-9H2,1-3H3,(H,17,18). The Labute approximate surface area is 120 Å². The van der Waals surface area contributed by atoms with Gasteiger partial charge in [0.15, 0.2) is 0 Å². The van der Waals surface area contributed by atoms with Gasteiger partial charge in [-0.1, -0.05) is 0 Å². The van der Waals surface area contributed by atoms with Crippen molar-refractivity contribution in [2.75, 3.05) is 13.1 Å². The quantitative estimate of drug-likeness (QED) is 0.864. The van der Waals surface area contributed by atoms with Gasteiger partial charge in [-0.2, -0.15) is 0 Å². The van der Waals surface area contributed by atoms with Crippen LogP contribution in [-0.4, -0.2) is 40.8 Å². The number of hydrogen-bond donors (Lipinski definition) is 1. The highest BCUT2D eigenvalue weighted by Gasteiger charge is 2.42. The Bertz CT molecular complexity index is 376. The molecule has 0 bridgehead atoms. The first kappa shape index (κ1) is 15.1. The van der Waals surface area contributed by atoms with Crippen molar-refractivity contribution in [3.63, 3.8) is 0 Å². The number of amides is 1. The molecule has 1 atom stereocenters. The molecule has 1 heterocycles. The highest BCUT2D eigenvalue weighted by Crippen LogP contribution is 2.43. The lowest BCUT2D eigenvalue weighted by atomic mass is 9.81. The average molecular weight is 283 g/mol. The molecular formula is C15H25NO4. The summed E-state index contributed by atoms with van der Waals surface area (Å²) >= 11 is 0. The molecule has 0 spiro atoms. The van der Waals surface area contributed by atoms with E-state index in [-0.39, 0.29) is 17.9 Å². The van der Waals surface area contributed by atoms with Crippen LogP contribution in [0.5, 0.6) is 0 Å². The first-order valence-corrected chi connectivity index (χ1v) is 7.48. The summed E-state index contributed by atoms with van der Waals surface area (Å²) in [7, 11) is 0.